The number of nitrogens with one attached hydrogen (secondary N) is 2. The highest BCUT2D eigenvalue weighted by atomic mass is 16.4. The lowest BCUT2D eigenvalue weighted by Gasteiger charge is -2.20. The molecule has 2 atom stereocenters. The van der Waals surface area contributed by atoms with E-state index < -0.39 is 23.9 Å². The van der Waals surface area contributed by atoms with Crippen molar-refractivity contribution in [2.24, 2.45) is 11.7 Å². The molecular formula is C14H19N3O4. The molecule has 1 aromatic rings. The fourth-order valence-electron chi connectivity index (χ4n) is 1.74. The number of hydrogen-bond donors (Lipinski definition) is 4. The van der Waals surface area contributed by atoms with Gasteiger partial charge in [0, 0.05) is 11.3 Å². The molecule has 0 bridgehead atoms. The largest absolute Gasteiger partial charge is 0.480 e. The van der Waals surface area contributed by atoms with Gasteiger partial charge in [0.05, 0.1) is 0 Å². The Balaban J connectivity index is 2.74. The predicted molar refractivity (Wildman–Crippen MR) is 78.0 cm³/mol. The summed E-state index contributed by atoms with van der Waals surface area (Å²) < 4.78 is 0. The normalized spacial score (nSPS) is 13.0. The Labute approximate surface area is 122 Å². The molecule has 114 valence electrons. The van der Waals surface area contributed by atoms with Crippen LogP contribution >= 0.6 is 0 Å². The molecule has 7 heteroatoms. The minimum absolute atomic E-state index is 0.204. The van der Waals surface area contributed by atoms with Crippen LogP contribution < -0.4 is 16.4 Å². The number of anilines is 1. The molecular weight excluding hydrogens is 274 g/mol. The first kappa shape index (κ1) is 16.5. The van der Waals surface area contributed by atoms with Crippen molar-refractivity contribution in [1.29, 1.82) is 0 Å². The number of rotatable bonds is 6. The van der Waals surface area contributed by atoms with Gasteiger partial charge in [-0.05, 0) is 24.1 Å². The van der Waals surface area contributed by atoms with E-state index in [1.807, 2.05) is 6.92 Å². The van der Waals surface area contributed by atoms with Crippen molar-refractivity contribution in [2.45, 2.75) is 26.3 Å². The maximum absolute atomic E-state index is 11.8. The average Bonchev–Trinajstić information content (AvgIpc) is 2.43. The number of benzene rings is 1. The summed E-state index contributed by atoms with van der Waals surface area (Å²) in [5.41, 5.74) is 5.76. The minimum Gasteiger partial charge on any atom is -0.480 e. The van der Waals surface area contributed by atoms with Crippen molar-refractivity contribution in [3.63, 3.8) is 0 Å². The van der Waals surface area contributed by atoms with Crippen LogP contribution in [0.5, 0.6) is 0 Å². The molecule has 21 heavy (non-hydrogen) atoms. The summed E-state index contributed by atoms with van der Waals surface area (Å²) in [4.78, 5) is 34.0. The van der Waals surface area contributed by atoms with Crippen LogP contribution in [0.15, 0.2) is 24.3 Å². The number of nitrogens with two attached hydrogens (primary N) is 1. The summed E-state index contributed by atoms with van der Waals surface area (Å²) >= 11 is 0. The molecule has 3 amide bonds. The van der Waals surface area contributed by atoms with Gasteiger partial charge in [-0.1, -0.05) is 26.3 Å². The quantitative estimate of drug-likeness (QED) is 0.633. The Kier molecular flexibility index (Phi) is 5.71. The zero-order chi connectivity index (χ0) is 16.0. The summed E-state index contributed by atoms with van der Waals surface area (Å²) in [5, 5.41) is 14.0. The van der Waals surface area contributed by atoms with Gasteiger partial charge in [-0.15, -0.1) is 0 Å². The summed E-state index contributed by atoms with van der Waals surface area (Å²) in [6.45, 7) is 3.59. The summed E-state index contributed by atoms with van der Waals surface area (Å²) in [7, 11) is 0. The van der Waals surface area contributed by atoms with Crippen LogP contribution in [0.25, 0.3) is 0 Å². The number of carbonyl (C=O) groups is 3. The second-order valence-corrected chi connectivity index (χ2v) is 4.74. The number of carbonyl (C=O) groups excluding carboxylic acids is 2. The number of urea groups is 1. The molecule has 0 fully saturated rings. The van der Waals surface area contributed by atoms with Crippen molar-refractivity contribution in [2.75, 3.05) is 5.32 Å². The second kappa shape index (κ2) is 7.28. The number of carboxylic acids is 1. The Morgan fingerprint density at radius 3 is 2.52 bits per heavy atom. The van der Waals surface area contributed by atoms with Crippen LogP contribution in [0.4, 0.5) is 10.5 Å². The van der Waals surface area contributed by atoms with E-state index in [2.05, 4.69) is 10.6 Å². The highest BCUT2D eigenvalue weighted by Crippen LogP contribution is 2.11. The van der Waals surface area contributed by atoms with Gasteiger partial charge in [-0.25, -0.2) is 9.59 Å². The smallest absolute Gasteiger partial charge is 0.326 e. The lowest BCUT2D eigenvalue weighted by atomic mass is 9.99. The second-order valence-electron chi connectivity index (χ2n) is 4.74. The molecule has 1 unspecified atom stereocenters. The lowest BCUT2D eigenvalue weighted by Crippen LogP contribution is -2.46. The van der Waals surface area contributed by atoms with E-state index in [0.717, 1.165) is 0 Å². The zero-order valence-electron chi connectivity index (χ0n) is 11.9. The first-order valence-corrected chi connectivity index (χ1v) is 6.55. The van der Waals surface area contributed by atoms with Crippen LogP contribution in [-0.2, 0) is 4.79 Å². The van der Waals surface area contributed by atoms with Crippen molar-refractivity contribution in [1.82, 2.24) is 5.32 Å². The van der Waals surface area contributed by atoms with E-state index in [4.69, 9.17) is 10.8 Å². The fourth-order valence-corrected chi connectivity index (χ4v) is 1.74. The predicted octanol–water partition coefficient (Wildman–Crippen LogP) is 1.41. The number of amides is 3. The molecule has 0 aliphatic carbocycles. The molecule has 0 heterocycles. The maximum Gasteiger partial charge on any atom is 0.326 e. The third-order valence-electron chi connectivity index (χ3n) is 3.17. The molecule has 0 spiro atoms. The number of aliphatic carboxylic acids is 1. The van der Waals surface area contributed by atoms with E-state index in [9.17, 15) is 14.4 Å². The third kappa shape index (κ3) is 4.79. The van der Waals surface area contributed by atoms with Gasteiger partial charge in [-0.3, -0.25) is 4.79 Å². The standard InChI is InChI=1S/C14H19N3O4/c1-3-8(2)11(13(19)20)17-14(21)16-10-6-4-5-9(7-10)12(15)18/h4-8,11H,3H2,1-2H3,(H2,15,18)(H,19,20)(H2,16,17,21)/t8?,11-/m0/s1. The minimum atomic E-state index is -1.09. The van der Waals surface area contributed by atoms with E-state index in [-0.39, 0.29) is 11.5 Å². The van der Waals surface area contributed by atoms with E-state index >= 15 is 0 Å². The molecule has 0 saturated carbocycles. The molecule has 0 radical (unpaired) electrons. The van der Waals surface area contributed by atoms with Crippen LogP contribution in [0.2, 0.25) is 0 Å². The van der Waals surface area contributed by atoms with Crippen molar-refractivity contribution < 1.29 is 19.5 Å². The Morgan fingerprint density at radius 1 is 1.33 bits per heavy atom. The van der Waals surface area contributed by atoms with Crippen LogP contribution in [0.3, 0.4) is 0 Å². The molecule has 5 N–H and O–H groups in total. The van der Waals surface area contributed by atoms with Gasteiger partial charge < -0.3 is 21.5 Å². The van der Waals surface area contributed by atoms with Gasteiger partial charge in [0.2, 0.25) is 5.91 Å². The van der Waals surface area contributed by atoms with Gasteiger partial charge in [0.25, 0.3) is 0 Å². The Morgan fingerprint density at radius 2 is 2.00 bits per heavy atom. The first-order valence-electron chi connectivity index (χ1n) is 6.55. The van der Waals surface area contributed by atoms with E-state index in [1.54, 1.807) is 19.1 Å². The Bertz CT molecular complexity index is 545. The fraction of sp³-hybridized carbons (Fsp3) is 0.357. The van der Waals surface area contributed by atoms with Crippen LogP contribution in [0.1, 0.15) is 30.6 Å². The van der Waals surface area contributed by atoms with Crippen LogP contribution in [-0.4, -0.2) is 29.1 Å². The third-order valence-corrected chi connectivity index (χ3v) is 3.17. The lowest BCUT2D eigenvalue weighted by molar-refractivity contribution is -0.140. The molecule has 0 saturated heterocycles. The highest BCUT2D eigenvalue weighted by molar-refractivity contribution is 5.96. The Hall–Kier alpha value is -2.57. The summed E-state index contributed by atoms with van der Waals surface area (Å²) in [6, 6.07) is 4.45. The topological polar surface area (TPSA) is 122 Å². The molecule has 0 aliphatic heterocycles. The highest BCUT2D eigenvalue weighted by Gasteiger charge is 2.25. The monoisotopic (exact) mass is 293 g/mol. The number of hydrogen-bond acceptors (Lipinski definition) is 3. The van der Waals surface area contributed by atoms with E-state index in [1.165, 1.54) is 12.1 Å². The van der Waals surface area contributed by atoms with Gasteiger partial charge in [0.15, 0.2) is 0 Å². The molecule has 7 nitrogen and oxygen atoms in total. The van der Waals surface area contributed by atoms with Crippen molar-refractivity contribution in [3.8, 4) is 0 Å². The first-order chi connectivity index (χ1) is 9.85. The molecule has 0 aliphatic rings. The van der Waals surface area contributed by atoms with Crippen molar-refractivity contribution >= 4 is 23.6 Å². The molecule has 1 rings (SSSR count). The summed E-state index contributed by atoms with van der Waals surface area (Å²) in [6.07, 6.45) is 0.619. The van der Waals surface area contributed by atoms with Crippen molar-refractivity contribution in [3.05, 3.63) is 29.8 Å². The number of carboxylic acid groups (broad SMARTS) is 1. The molecule has 0 aromatic heterocycles. The average molecular weight is 293 g/mol. The van der Waals surface area contributed by atoms with Gasteiger partial charge >= 0.3 is 12.0 Å². The van der Waals surface area contributed by atoms with E-state index in [0.29, 0.717) is 12.1 Å². The zero-order valence-corrected chi connectivity index (χ0v) is 11.9. The van der Waals surface area contributed by atoms with Gasteiger partial charge in [-0.2, -0.15) is 0 Å². The summed E-state index contributed by atoms with van der Waals surface area (Å²) in [5.74, 6) is -1.90. The SMILES string of the molecule is CCC(C)[C@H](NC(=O)Nc1cccc(C(N)=O)c1)C(=O)O. The maximum atomic E-state index is 11.8. The molecule has 1 aromatic carbocycles. The number of primary amides is 1. The van der Waals surface area contributed by atoms with Crippen LogP contribution in [0, 0.1) is 5.92 Å². The van der Waals surface area contributed by atoms with Gasteiger partial charge in [0.1, 0.15) is 6.04 Å².